The van der Waals surface area contributed by atoms with E-state index in [0.717, 1.165) is 39.3 Å². The van der Waals surface area contributed by atoms with Crippen LogP contribution in [0.3, 0.4) is 0 Å². The Morgan fingerprint density at radius 1 is 0.571 bits per heavy atom. The normalized spacial score (nSPS) is 19.9. The molecule has 4 nitrogen and oxygen atoms in total. The summed E-state index contributed by atoms with van der Waals surface area (Å²) in [5, 5.41) is 10.5. The summed E-state index contributed by atoms with van der Waals surface area (Å²) in [5.74, 6) is 0. The van der Waals surface area contributed by atoms with Gasteiger partial charge in [-0.25, -0.2) is 0 Å². The van der Waals surface area contributed by atoms with Crippen molar-refractivity contribution in [2.45, 2.75) is 25.7 Å². The fourth-order valence-corrected chi connectivity index (χ4v) is 2.11. The van der Waals surface area contributed by atoms with Crippen molar-refractivity contribution in [1.82, 2.24) is 20.9 Å². The van der Waals surface area contributed by atoms with E-state index in [1.165, 1.54) is 38.8 Å². The topological polar surface area (TPSA) is 39.3 Å². The second kappa shape index (κ2) is 23.7. The summed E-state index contributed by atoms with van der Waals surface area (Å²) >= 11 is 0. The van der Waals surface area contributed by atoms with Crippen LogP contribution in [-0.4, -0.2) is 64.3 Å². The molecule has 0 radical (unpaired) electrons. The molecule has 0 saturated carbocycles. The fraction of sp³-hybridized carbons (Fsp3) is 1.00. The molecule has 0 aromatic rings. The Morgan fingerprint density at radius 3 is 1.19 bits per heavy atom. The van der Waals surface area contributed by atoms with E-state index >= 15 is 0 Å². The molecule has 8 heteroatoms. The van der Waals surface area contributed by atoms with Gasteiger partial charge < -0.3 is 58.1 Å². The third-order valence-corrected chi connectivity index (χ3v) is 3.20. The number of nitrogens with zero attached hydrogens (tertiary/aromatic N) is 1. The van der Waals surface area contributed by atoms with Crippen molar-refractivity contribution in [3.63, 3.8) is 0 Å². The molecular formula is C13H30Cl3N4Ti-3. The zero-order valence-electron chi connectivity index (χ0n) is 13.1. The van der Waals surface area contributed by atoms with Crippen LogP contribution in [0.25, 0.3) is 0 Å². The van der Waals surface area contributed by atoms with Gasteiger partial charge in [-0.05, 0) is 85.1 Å². The van der Waals surface area contributed by atoms with Crippen LogP contribution in [0, 0.1) is 0 Å². The van der Waals surface area contributed by atoms with Crippen LogP contribution >= 0.6 is 0 Å². The van der Waals surface area contributed by atoms with Crippen molar-refractivity contribution in [2.75, 3.05) is 59.4 Å². The van der Waals surface area contributed by atoms with Crippen LogP contribution in [0.15, 0.2) is 0 Å². The maximum absolute atomic E-state index is 3.51. The summed E-state index contributed by atoms with van der Waals surface area (Å²) in [6.07, 6.45) is 5.00. The Hall–Kier alpha value is 1.42. The Morgan fingerprint density at radius 2 is 0.857 bits per heavy atom. The molecule has 1 saturated heterocycles. The van der Waals surface area contributed by atoms with Crippen LogP contribution < -0.4 is 53.2 Å². The van der Waals surface area contributed by atoms with Crippen molar-refractivity contribution >= 4 is 0 Å². The molecule has 0 aliphatic carbocycles. The molecule has 0 amide bonds. The van der Waals surface area contributed by atoms with E-state index in [4.69, 9.17) is 0 Å². The Labute approximate surface area is 164 Å². The SMILES string of the molecule is CN1CCCNCCCNCCCNCCC1.[Cl-].[Cl-].[Cl-].[Ti]. The van der Waals surface area contributed by atoms with Crippen molar-refractivity contribution in [2.24, 2.45) is 0 Å². The fourth-order valence-electron chi connectivity index (χ4n) is 2.11. The van der Waals surface area contributed by atoms with Gasteiger partial charge in [0.15, 0.2) is 0 Å². The quantitative estimate of drug-likeness (QED) is 0.356. The van der Waals surface area contributed by atoms with Crippen molar-refractivity contribution in [1.29, 1.82) is 0 Å². The summed E-state index contributed by atoms with van der Waals surface area (Å²) in [7, 11) is 2.23. The number of hydrogen-bond acceptors (Lipinski definition) is 4. The summed E-state index contributed by atoms with van der Waals surface area (Å²) in [6.45, 7) is 9.32. The average molecular weight is 397 g/mol. The zero-order chi connectivity index (χ0) is 12.2. The molecule has 0 atom stereocenters. The molecule has 1 heterocycles. The molecule has 0 unspecified atom stereocenters. The predicted molar refractivity (Wildman–Crippen MR) is 74.6 cm³/mol. The molecule has 1 aliphatic heterocycles. The van der Waals surface area contributed by atoms with Gasteiger partial charge in [-0.3, -0.25) is 0 Å². The Kier molecular flexibility index (Phi) is 34.2. The van der Waals surface area contributed by atoms with E-state index < -0.39 is 0 Å². The molecule has 1 fully saturated rings. The van der Waals surface area contributed by atoms with E-state index in [-0.39, 0.29) is 58.9 Å². The first kappa shape index (κ1) is 30.3. The van der Waals surface area contributed by atoms with Gasteiger partial charge >= 0.3 is 0 Å². The van der Waals surface area contributed by atoms with Crippen molar-refractivity contribution in [3.05, 3.63) is 0 Å². The van der Waals surface area contributed by atoms with E-state index in [0.29, 0.717) is 0 Å². The minimum absolute atomic E-state index is 0. The molecule has 130 valence electrons. The summed E-state index contributed by atoms with van der Waals surface area (Å²) in [6, 6.07) is 0. The smallest absolute Gasteiger partial charge is 0 e. The zero-order valence-corrected chi connectivity index (χ0v) is 16.9. The minimum atomic E-state index is 0. The van der Waals surface area contributed by atoms with Gasteiger partial charge in [0.1, 0.15) is 0 Å². The summed E-state index contributed by atoms with van der Waals surface area (Å²) in [5.41, 5.74) is 0. The van der Waals surface area contributed by atoms with Crippen LogP contribution in [0.2, 0.25) is 0 Å². The number of nitrogens with one attached hydrogen (secondary N) is 3. The van der Waals surface area contributed by atoms with Crippen LogP contribution in [-0.2, 0) is 21.7 Å². The molecule has 0 spiro atoms. The van der Waals surface area contributed by atoms with Crippen molar-refractivity contribution < 1.29 is 58.9 Å². The van der Waals surface area contributed by atoms with Crippen LogP contribution in [0.4, 0.5) is 0 Å². The van der Waals surface area contributed by atoms with E-state index in [9.17, 15) is 0 Å². The Bertz CT molecular complexity index is 165. The van der Waals surface area contributed by atoms with Gasteiger partial charge in [0.25, 0.3) is 0 Å². The Balaban J connectivity index is -0.000000361. The molecule has 1 aliphatic rings. The first-order chi connectivity index (χ1) is 8.39. The van der Waals surface area contributed by atoms with Gasteiger partial charge in [0.05, 0.1) is 0 Å². The molecule has 1 rings (SSSR count). The molecule has 21 heavy (non-hydrogen) atoms. The second-order valence-electron chi connectivity index (χ2n) is 4.97. The third kappa shape index (κ3) is 21.4. The first-order valence-electron chi connectivity index (χ1n) is 7.20. The van der Waals surface area contributed by atoms with Gasteiger partial charge in [-0.1, -0.05) is 0 Å². The number of rotatable bonds is 0. The molecular weight excluding hydrogens is 366 g/mol. The van der Waals surface area contributed by atoms with Crippen molar-refractivity contribution in [3.8, 4) is 0 Å². The first-order valence-corrected chi connectivity index (χ1v) is 7.20. The summed E-state index contributed by atoms with van der Waals surface area (Å²) < 4.78 is 0. The van der Waals surface area contributed by atoms with Gasteiger partial charge in [-0.15, -0.1) is 0 Å². The standard InChI is InChI=1S/C13H30N4.3ClH.Ti/c1-17-12-4-10-15-8-2-6-14-7-3-9-16-11-5-13-17;;;;/h14-16H,2-13H2,1H3;3*1H;/p-3. The molecule has 0 bridgehead atoms. The maximum Gasteiger partial charge on any atom is 0 e. The largest absolute Gasteiger partial charge is 1.00 e. The summed E-state index contributed by atoms with van der Waals surface area (Å²) in [4.78, 5) is 2.44. The molecule has 0 aromatic carbocycles. The van der Waals surface area contributed by atoms with E-state index in [1.807, 2.05) is 0 Å². The average Bonchev–Trinajstić information content (AvgIpc) is 2.32. The number of hydrogen-bond donors (Lipinski definition) is 3. The van der Waals surface area contributed by atoms with Gasteiger partial charge in [0, 0.05) is 21.7 Å². The second-order valence-corrected chi connectivity index (χ2v) is 4.97. The van der Waals surface area contributed by atoms with Gasteiger partial charge in [0.2, 0.25) is 0 Å². The molecule has 3 N–H and O–H groups in total. The predicted octanol–water partition coefficient (Wildman–Crippen LogP) is -8.73. The van der Waals surface area contributed by atoms with E-state index in [1.54, 1.807) is 0 Å². The third-order valence-electron chi connectivity index (χ3n) is 3.20. The van der Waals surface area contributed by atoms with E-state index in [2.05, 4.69) is 27.9 Å². The number of halogens is 3. The molecule has 0 aromatic heterocycles. The maximum atomic E-state index is 3.51. The van der Waals surface area contributed by atoms with Crippen LogP contribution in [0.1, 0.15) is 25.7 Å². The minimum Gasteiger partial charge on any atom is -1.00 e. The van der Waals surface area contributed by atoms with Gasteiger partial charge in [-0.2, -0.15) is 0 Å². The monoisotopic (exact) mass is 395 g/mol. The van der Waals surface area contributed by atoms with Crippen LogP contribution in [0.5, 0.6) is 0 Å².